The van der Waals surface area contributed by atoms with Gasteiger partial charge in [0.2, 0.25) is 0 Å². The number of hydrogen-bond donors (Lipinski definition) is 0. The van der Waals surface area contributed by atoms with E-state index in [0.29, 0.717) is 24.4 Å². The van der Waals surface area contributed by atoms with Gasteiger partial charge in [-0.05, 0) is 41.8 Å². The average molecular weight is 602 g/mol. The monoisotopic (exact) mass is 601 g/mol. The molecule has 8 heteroatoms. The van der Waals surface area contributed by atoms with Crippen molar-refractivity contribution in [1.82, 2.24) is 14.5 Å². The van der Waals surface area contributed by atoms with Crippen molar-refractivity contribution < 1.29 is 22.3 Å². The Morgan fingerprint density at radius 1 is 0.773 bits per heavy atom. The van der Waals surface area contributed by atoms with E-state index in [1.165, 1.54) is 6.07 Å². The highest BCUT2D eigenvalue weighted by atomic mass is 19.4. The summed E-state index contributed by atoms with van der Waals surface area (Å²) in [4.78, 5) is 7.25. The first-order valence-electron chi connectivity index (χ1n) is 14.7. The average Bonchev–Trinajstić information content (AvgIpc) is 3.39. The lowest BCUT2D eigenvalue weighted by atomic mass is 10.1. The van der Waals surface area contributed by atoms with Crippen LogP contribution in [0.15, 0.2) is 103 Å². The van der Waals surface area contributed by atoms with Crippen LogP contribution in [0.5, 0.6) is 5.75 Å². The van der Waals surface area contributed by atoms with Crippen LogP contribution in [0, 0.1) is 5.82 Å². The summed E-state index contributed by atoms with van der Waals surface area (Å²) in [7, 11) is 1.60. The highest BCUT2D eigenvalue weighted by molar-refractivity contribution is 5.68. The number of hydrogen-bond acceptors (Lipinski definition) is 3. The van der Waals surface area contributed by atoms with Crippen molar-refractivity contribution in [2.45, 2.75) is 52.1 Å². The van der Waals surface area contributed by atoms with E-state index >= 15 is 0 Å². The lowest BCUT2D eigenvalue weighted by Gasteiger charge is -2.25. The smallest absolute Gasteiger partial charge is 0.419 e. The SMILES string of the molecule is CCCCn1c(-c2ccccc2)nc(-c2ccccc2)c1CN(Cc1ccc(OC)cc1)Cc1ccc(F)c(C(F)(F)F)c1. The first-order valence-corrected chi connectivity index (χ1v) is 14.7. The summed E-state index contributed by atoms with van der Waals surface area (Å²) >= 11 is 0. The van der Waals surface area contributed by atoms with Gasteiger partial charge in [-0.3, -0.25) is 4.90 Å². The molecule has 0 saturated heterocycles. The van der Waals surface area contributed by atoms with Crippen LogP contribution in [0.4, 0.5) is 17.6 Å². The number of imidazole rings is 1. The molecule has 5 rings (SSSR count). The Labute approximate surface area is 255 Å². The van der Waals surface area contributed by atoms with Gasteiger partial charge in [-0.1, -0.05) is 92.2 Å². The molecule has 0 spiro atoms. The fraction of sp³-hybridized carbons (Fsp3) is 0.250. The Kier molecular flexibility index (Phi) is 9.80. The molecular weight excluding hydrogens is 566 g/mol. The van der Waals surface area contributed by atoms with Gasteiger partial charge in [0.15, 0.2) is 0 Å². The minimum Gasteiger partial charge on any atom is -0.497 e. The summed E-state index contributed by atoms with van der Waals surface area (Å²) in [5.41, 5.74) is 3.82. The fourth-order valence-corrected chi connectivity index (χ4v) is 5.35. The van der Waals surface area contributed by atoms with Gasteiger partial charge in [0.05, 0.1) is 24.1 Å². The normalized spacial score (nSPS) is 11.7. The molecule has 0 aliphatic heterocycles. The van der Waals surface area contributed by atoms with E-state index in [2.05, 4.69) is 16.4 Å². The van der Waals surface area contributed by atoms with Gasteiger partial charge in [0.1, 0.15) is 17.4 Å². The molecule has 5 aromatic rings. The number of benzene rings is 4. The number of rotatable bonds is 12. The highest BCUT2D eigenvalue weighted by Crippen LogP contribution is 2.34. The molecule has 0 aliphatic rings. The maximum absolute atomic E-state index is 14.2. The van der Waals surface area contributed by atoms with Gasteiger partial charge in [0, 0.05) is 37.3 Å². The van der Waals surface area contributed by atoms with Crippen LogP contribution in [-0.2, 0) is 32.4 Å². The van der Waals surface area contributed by atoms with Crippen molar-refractivity contribution in [3.05, 3.63) is 131 Å². The van der Waals surface area contributed by atoms with E-state index in [1.54, 1.807) is 7.11 Å². The molecule has 0 radical (unpaired) electrons. The standard InChI is InChI=1S/C36H35F4N3O/c1-3-4-21-43-33(34(28-11-7-5-8-12-28)41-35(43)29-13-9-6-10-14-29)25-42(23-26-15-18-30(44-2)19-16-26)24-27-17-20-32(37)31(22-27)36(38,39)40/h5-20,22H,3-4,21,23-25H2,1-2H3. The Morgan fingerprint density at radius 3 is 2.00 bits per heavy atom. The topological polar surface area (TPSA) is 30.3 Å². The van der Waals surface area contributed by atoms with Crippen LogP contribution in [-0.4, -0.2) is 21.6 Å². The molecule has 0 aliphatic carbocycles. The van der Waals surface area contributed by atoms with Crippen molar-refractivity contribution in [3.8, 4) is 28.4 Å². The molecule has 0 atom stereocenters. The zero-order chi connectivity index (χ0) is 31.1. The van der Waals surface area contributed by atoms with Gasteiger partial charge >= 0.3 is 6.18 Å². The van der Waals surface area contributed by atoms with Crippen molar-refractivity contribution in [3.63, 3.8) is 0 Å². The third-order valence-corrected chi connectivity index (χ3v) is 7.57. The summed E-state index contributed by atoms with van der Waals surface area (Å²) < 4.78 is 62.6. The first-order chi connectivity index (χ1) is 21.3. The molecule has 1 aromatic heterocycles. The molecule has 44 heavy (non-hydrogen) atoms. The molecule has 0 saturated carbocycles. The Balaban J connectivity index is 1.62. The zero-order valence-corrected chi connectivity index (χ0v) is 24.8. The van der Waals surface area contributed by atoms with Gasteiger partial charge in [-0.15, -0.1) is 0 Å². The van der Waals surface area contributed by atoms with Gasteiger partial charge < -0.3 is 9.30 Å². The second-order valence-corrected chi connectivity index (χ2v) is 10.8. The molecule has 1 heterocycles. The number of halogens is 4. The van der Waals surface area contributed by atoms with Gasteiger partial charge in [-0.25, -0.2) is 9.37 Å². The van der Waals surface area contributed by atoms with Crippen molar-refractivity contribution in [2.24, 2.45) is 0 Å². The largest absolute Gasteiger partial charge is 0.497 e. The quantitative estimate of drug-likeness (QED) is 0.134. The minimum atomic E-state index is -4.79. The third kappa shape index (κ3) is 7.37. The lowest BCUT2D eigenvalue weighted by molar-refractivity contribution is -0.140. The van der Waals surface area contributed by atoms with E-state index in [-0.39, 0.29) is 6.54 Å². The number of alkyl halides is 3. The number of nitrogens with zero attached hydrogens (tertiary/aromatic N) is 3. The first kappa shape index (κ1) is 31.0. The van der Waals surface area contributed by atoms with Crippen molar-refractivity contribution in [2.75, 3.05) is 7.11 Å². The van der Waals surface area contributed by atoms with Gasteiger partial charge in [-0.2, -0.15) is 13.2 Å². The third-order valence-electron chi connectivity index (χ3n) is 7.57. The van der Waals surface area contributed by atoms with E-state index < -0.39 is 17.6 Å². The van der Waals surface area contributed by atoms with Crippen LogP contribution in [0.2, 0.25) is 0 Å². The molecule has 0 fully saturated rings. The molecule has 0 bridgehead atoms. The number of methoxy groups -OCH3 is 1. The summed E-state index contributed by atoms with van der Waals surface area (Å²) in [6.45, 7) is 3.89. The molecule has 0 unspecified atom stereocenters. The summed E-state index contributed by atoms with van der Waals surface area (Å²) in [5, 5.41) is 0. The van der Waals surface area contributed by atoms with Crippen molar-refractivity contribution >= 4 is 0 Å². The minimum absolute atomic E-state index is 0.170. The predicted octanol–water partition coefficient (Wildman–Crippen LogP) is 9.39. The van der Waals surface area contributed by atoms with Crippen LogP contribution < -0.4 is 4.74 Å². The molecule has 4 aromatic carbocycles. The zero-order valence-electron chi connectivity index (χ0n) is 24.8. The van der Waals surface area contributed by atoms with Crippen LogP contribution in [0.3, 0.4) is 0 Å². The van der Waals surface area contributed by atoms with Crippen LogP contribution >= 0.6 is 0 Å². The molecule has 0 amide bonds. The Hall–Kier alpha value is -4.43. The fourth-order valence-electron chi connectivity index (χ4n) is 5.35. The predicted molar refractivity (Wildman–Crippen MR) is 165 cm³/mol. The maximum Gasteiger partial charge on any atom is 0.419 e. The summed E-state index contributed by atoms with van der Waals surface area (Å²) in [6.07, 6.45) is -2.87. The van der Waals surface area contributed by atoms with Crippen molar-refractivity contribution in [1.29, 1.82) is 0 Å². The van der Waals surface area contributed by atoms with E-state index in [9.17, 15) is 17.6 Å². The molecule has 4 nitrogen and oxygen atoms in total. The Morgan fingerprint density at radius 2 is 1.39 bits per heavy atom. The van der Waals surface area contributed by atoms with E-state index in [4.69, 9.17) is 9.72 Å². The van der Waals surface area contributed by atoms with Crippen LogP contribution in [0.25, 0.3) is 22.6 Å². The maximum atomic E-state index is 14.2. The second kappa shape index (κ2) is 13.9. The molecular formula is C36H35F4N3O. The molecule has 0 N–H and O–H groups in total. The van der Waals surface area contributed by atoms with E-state index in [1.807, 2.05) is 84.9 Å². The number of ether oxygens (including phenoxy) is 1. The van der Waals surface area contributed by atoms with E-state index in [0.717, 1.165) is 65.4 Å². The van der Waals surface area contributed by atoms with Crippen LogP contribution in [0.1, 0.15) is 42.1 Å². The summed E-state index contributed by atoms with van der Waals surface area (Å²) in [5.74, 6) is 0.281. The number of aromatic nitrogens is 2. The lowest BCUT2D eigenvalue weighted by Crippen LogP contribution is -2.25. The van der Waals surface area contributed by atoms with Gasteiger partial charge in [0.25, 0.3) is 0 Å². The summed E-state index contributed by atoms with van der Waals surface area (Å²) in [6, 6.07) is 30.8. The number of unbranched alkanes of at least 4 members (excludes halogenated alkanes) is 1. The molecule has 228 valence electrons. The Bertz CT molecular complexity index is 1650. The highest BCUT2D eigenvalue weighted by Gasteiger charge is 2.34. The second-order valence-electron chi connectivity index (χ2n) is 10.8.